The van der Waals surface area contributed by atoms with Crippen molar-refractivity contribution in [3.05, 3.63) is 47.0 Å². The maximum atomic E-state index is 12.8. The summed E-state index contributed by atoms with van der Waals surface area (Å²) in [4.78, 5) is 35.9. The number of hydrogen-bond acceptors (Lipinski definition) is 3. The van der Waals surface area contributed by atoms with Gasteiger partial charge < -0.3 is 0 Å². The minimum Gasteiger partial charge on any atom is -0.300 e. The topological polar surface area (TPSA) is 51.2 Å². The van der Waals surface area contributed by atoms with Crippen LogP contribution in [0.2, 0.25) is 0 Å². The Labute approximate surface area is 198 Å². The summed E-state index contributed by atoms with van der Waals surface area (Å²) in [6.45, 7) is 4.27. The third-order valence-corrected chi connectivity index (χ3v) is 10.4. The molecule has 4 aliphatic rings. The number of rotatable bonds is 6. The highest BCUT2D eigenvalue weighted by Crippen LogP contribution is 2.68. The molecular formula is C30H38O3. The Morgan fingerprint density at radius 1 is 1.03 bits per heavy atom. The number of carbonyl (C=O) groups excluding carboxylic acids is 3. The van der Waals surface area contributed by atoms with Crippen molar-refractivity contribution in [3.8, 4) is 0 Å². The number of Topliss-reactive ketones (excluding diaryl/α,β-unsaturated/α-hetero) is 1. The van der Waals surface area contributed by atoms with E-state index in [1.165, 1.54) is 36.8 Å². The minimum absolute atomic E-state index is 0.164. The molecule has 1 aromatic rings. The first-order valence-corrected chi connectivity index (χ1v) is 13.2. The zero-order valence-electron chi connectivity index (χ0n) is 20.3. The lowest BCUT2D eigenvalue weighted by molar-refractivity contribution is -0.130. The summed E-state index contributed by atoms with van der Waals surface area (Å²) in [7, 11) is 0. The molecule has 0 saturated heterocycles. The van der Waals surface area contributed by atoms with Crippen LogP contribution in [-0.4, -0.2) is 17.9 Å². The summed E-state index contributed by atoms with van der Waals surface area (Å²) < 4.78 is 0. The minimum atomic E-state index is 0.164. The highest BCUT2D eigenvalue weighted by Gasteiger charge is 2.61. The van der Waals surface area contributed by atoms with Crippen LogP contribution in [0.15, 0.2) is 35.9 Å². The molecule has 176 valence electrons. The summed E-state index contributed by atoms with van der Waals surface area (Å²) in [6, 6.07) is 7.97. The second-order valence-corrected chi connectivity index (χ2v) is 11.7. The molecule has 1 aromatic carbocycles. The van der Waals surface area contributed by atoms with Crippen LogP contribution in [0, 0.1) is 34.5 Å². The van der Waals surface area contributed by atoms with Crippen LogP contribution in [0.1, 0.15) is 94.0 Å². The predicted octanol–water partition coefficient (Wildman–Crippen LogP) is 6.54. The smallest absolute Gasteiger partial charge is 0.155 e. The Balaban J connectivity index is 1.37. The molecule has 0 bridgehead atoms. The van der Waals surface area contributed by atoms with Crippen molar-refractivity contribution >= 4 is 17.9 Å². The van der Waals surface area contributed by atoms with Crippen LogP contribution < -0.4 is 0 Å². The number of benzene rings is 1. The van der Waals surface area contributed by atoms with Crippen molar-refractivity contribution in [1.29, 1.82) is 0 Å². The van der Waals surface area contributed by atoms with E-state index in [2.05, 4.69) is 19.1 Å². The van der Waals surface area contributed by atoms with E-state index in [4.69, 9.17) is 0 Å². The summed E-state index contributed by atoms with van der Waals surface area (Å²) in [5.41, 5.74) is 3.79. The Morgan fingerprint density at radius 2 is 1.82 bits per heavy atom. The van der Waals surface area contributed by atoms with E-state index in [0.717, 1.165) is 50.4 Å². The van der Waals surface area contributed by atoms with Crippen LogP contribution in [0.3, 0.4) is 0 Å². The van der Waals surface area contributed by atoms with E-state index in [1.54, 1.807) is 0 Å². The molecule has 33 heavy (non-hydrogen) atoms. The zero-order valence-corrected chi connectivity index (χ0v) is 20.3. The number of ketones is 2. The third kappa shape index (κ3) is 3.76. The van der Waals surface area contributed by atoms with Gasteiger partial charge in [-0.05, 0) is 111 Å². The van der Waals surface area contributed by atoms with Crippen molar-refractivity contribution in [2.75, 3.05) is 0 Å². The van der Waals surface area contributed by atoms with E-state index < -0.39 is 0 Å². The van der Waals surface area contributed by atoms with Gasteiger partial charge >= 0.3 is 0 Å². The van der Waals surface area contributed by atoms with E-state index in [0.29, 0.717) is 35.7 Å². The molecular weight excluding hydrogens is 408 g/mol. The van der Waals surface area contributed by atoms with Crippen LogP contribution in [-0.2, 0) is 16.0 Å². The van der Waals surface area contributed by atoms with Crippen LogP contribution >= 0.6 is 0 Å². The molecule has 0 heterocycles. The molecule has 3 saturated carbocycles. The lowest BCUT2D eigenvalue weighted by Crippen LogP contribution is -2.52. The Morgan fingerprint density at radius 3 is 2.55 bits per heavy atom. The van der Waals surface area contributed by atoms with Crippen molar-refractivity contribution in [3.63, 3.8) is 0 Å². The van der Waals surface area contributed by atoms with E-state index in [1.807, 2.05) is 25.1 Å². The van der Waals surface area contributed by atoms with Crippen molar-refractivity contribution < 1.29 is 14.4 Å². The lowest BCUT2D eigenvalue weighted by Gasteiger charge is -2.59. The van der Waals surface area contributed by atoms with Gasteiger partial charge in [0.25, 0.3) is 0 Å². The fourth-order valence-corrected chi connectivity index (χ4v) is 8.85. The first-order chi connectivity index (χ1) is 15.9. The number of allylic oxidation sites excluding steroid dienone is 1. The average Bonchev–Trinajstić information content (AvgIpc) is 3.20. The van der Waals surface area contributed by atoms with Gasteiger partial charge in [-0.1, -0.05) is 36.8 Å². The normalized spacial score (nSPS) is 37.5. The summed E-state index contributed by atoms with van der Waals surface area (Å²) in [5.74, 6) is 2.97. The van der Waals surface area contributed by atoms with Crippen LogP contribution in [0.25, 0.3) is 0 Å². The standard InChI is InChI=1S/C30H38O3/c1-20(32)26-11-12-28-25-10-9-23-18-24(33)13-16-29(23,2)27(25)14-17-30(26,28)15-3-4-21-5-7-22(19-31)8-6-21/h5-8,18-19,25-28H,3-4,9-17H2,1-2H3/t25-,26-,27-,28+,29-,30-/m1/s1. The second kappa shape index (κ2) is 8.64. The molecule has 3 heteroatoms. The Kier molecular flexibility index (Phi) is 5.95. The van der Waals surface area contributed by atoms with Crippen molar-refractivity contribution in [1.82, 2.24) is 0 Å². The Hall–Kier alpha value is -2.03. The summed E-state index contributed by atoms with van der Waals surface area (Å²) in [6.07, 6.45) is 14.8. The van der Waals surface area contributed by atoms with Gasteiger partial charge in [-0.2, -0.15) is 0 Å². The predicted molar refractivity (Wildman–Crippen MR) is 130 cm³/mol. The van der Waals surface area contributed by atoms with Crippen molar-refractivity contribution in [2.24, 2.45) is 34.5 Å². The molecule has 0 aromatic heterocycles. The average molecular weight is 447 g/mol. The zero-order chi connectivity index (χ0) is 23.2. The van der Waals surface area contributed by atoms with Gasteiger partial charge in [-0.3, -0.25) is 14.4 Å². The number of carbonyl (C=O) groups is 3. The SMILES string of the molecule is CC(=O)[C@H]1CC[C@H]2[C@@H]3CCC4=CC(=O)CC[C@@]4(C)[C@@H]3CC[C@]12CCCc1ccc(C=O)cc1. The molecule has 5 rings (SSSR count). The Bertz CT molecular complexity index is 973. The molecule has 3 fully saturated rings. The second-order valence-electron chi connectivity index (χ2n) is 11.7. The van der Waals surface area contributed by atoms with Gasteiger partial charge in [-0.25, -0.2) is 0 Å². The van der Waals surface area contributed by atoms with Gasteiger partial charge in [0.05, 0.1) is 0 Å². The maximum absolute atomic E-state index is 12.8. The van der Waals surface area contributed by atoms with Gasteiger partial charge in [0.15, 0.2) is 5.78 Å². The highest BCUT2D eigenvalue weighted by atomic mass is 16.1. The summed E-state index contributed by atoms with van der Waals surface area (Å²) >= 11 is 0. The molecule has 0 aliphatic heterocycles. The maximum Gasteiger partial charge on any atom is 0.155 e. The monoisotopic (exact) mass is 446 g/mol. The molecule has 0 amide bonds. The molecule has 6 atom stereocenters. The van der Waals surface area contributed by atoms with Crippen LogP contribution in [0.5, 0.6) is 0 Å². The molecule has 0 spiro atoms. The molecule has 0 radical (unpaired) electrons. The third-order valence-electron chi connectivity index (χ3n) is 10.4. The fourth-order valence-electron chi connectivity index (χ4n) is 8.85. The van der Waals surface area contributed by atoms with Crippen molar-refractivity contribution in [2.45, 2.75) is 84.5 Å². The fraction of sp³-hybridized carbons (Fsp3) is 0.633. The van der Waals surface area contributed by atoms with Gasteiger partial charge in [0.1, 0.15) is 12.1 Å². The van der Waals surface area contributed by atoms with Crippen LogP contribution in [0.4, 0.5) is 0 Å². The van der Waals surface area contributed by atoms with E-state index in [9.17, 15) is 14.4 Å². The number of hydrogen-bond donors (Lipinski definition) is 0. The largest absolute Gasteiger partial charge is 0.300 e. The first-order valence-electron chi connectivity index (χ1n) is 13.2. The number of aldehydes is 1. The summed E-state index contributed by atoms with van der Waals surface area (Å²) in [5, 5.41) is 0. The van der Waals surface area contributed by atoms with E-state index in [-0.39, 0.29) is 16.7 Å². The van der Waals surface area contributed by atoms with Gasteiger partial charge in [-0.15, -0.1) is 0 Å². The van der Waals surface area contributed by atoms with Gasteiger partial charge in [0.2, 0.25) is 0 Å². The van der Waals surface area contributed by atoms with E-state index >= 15 is 0 Å². The van der Waals surface area contributed by atoms with Gasteiger partial charge in [0, 0.05) is 17.9 Å². The first kappa shape index (κ1) is 22.7. The number of fused-ring (bicyclic) bond motifs is 5. The molecule has 3 nitrogen and oxygen atoms in total. The lowest BCUT2D eigenvalue weighted by atomic mass is 9.45. The molecule has 4 aliphatic carbocycles. The molecule has 0 N–H and O–H groups in total. The highest BCUT2D eigenvalue weighted by molar-refractivity contribution is 5.91. The molecule has 0 unspecified atom stereocenters. The number of aryl methyl sites for hydroxylation is 1. The quantitative estimate of drug-likeness (QED) is 0.466.